The molecule has 0 bridgehead atoms. The molecule has 0 fully saturated rings. The Morgan fingerprint density at radius 3 is 2.55 bits per heavy atom. The zero-order valence-electron chi connectivity index (χ0n) is 10.00. The van der Waals surface area contributed by atoms with Gasteiger partial charge >= 0.3 is 0 Å². The van der Waals surface area contributed by atoms with Crippen molar-refractivity contribution in [3.8, 4) is 0 Å². The van der Waals surface area contributed by atoms with Crippen LogP contribution in [0.25, 0.3) is 0 Å². The zero-order chi connectivity index (χ0) is 14.9. The monoisotopic (exact) mass is 363 g/mol. The van der Waals surface area contributed by atoms with E-state index in [0.29, 0.717) is 0 Å². The number of benzene rings is 2. The van der Waals surface area contributed by atoms with Gasteiger partial charge in [-0.15, -0.1) is 0 Å². The lowest BCUT2D eigenvalue weighted by atomic mass is 10.2. The van der Waals surface area contributed by atoms with Crippen molar-refractivity contribution in [2.24, 2.45) is 0 Å². The molecule has 0 saturated carbocycles. The Kier molecular flexibility index (Phi) is 4.49. The Bertz CT molecular complexity index is 694. The van der Waals surface area contributed by atoms with E-state index in [1.165, 1.54) is 12.1 Å². The van der Waals surface area contributed by atoms with Gasteiger partial charge in [0.15, 0.2) is 0 Å². The minimum atomic E-state index is -1.85. The summed E-state index contributed by atoms with van der Waals surface area (Å²) in [6, 6.07) is 5.66. The van der Waals surface area contributed by atoms with Gasteiger partial charge in [-0.1, -0.05) is 0 Å². The summed E-state index contributed by atoms with van der Waals surface area (Å²) in [6.45, 7) is 0. The molecule has 106 valence electrons. The Hall–Kier alpha value is -1.34. The number of hydrogen-bond acceptors (Lipinski definition) is 2. The van der Waals surface area contributed by atoms with E-state index < -0.39 is 34.0 Å². The van der Waals surface area contributed by atoms with Gasteiger partial charge in [-0.2, -0.15) is 0 Å². The first-order valence-corrected chi connectivity index (χ1v) is 7.57. The van der Waals surface area contributed by atoms with Crippen molar-refractivity contribution in [1.29, 1.82) is 0 Å². The van der Waals surface area contributed by atoms with Crippen LogP contribution in [0.1, 0.15) is 5.56 Å². The Morgan fingerprint density at radius 2 is 1.85 bits per heavy atom. The number of nitrogen functional groups attached to an aromatic ring is 1. The first-order valence-electron chi connectivity index (χ1n) is 5.46. The molecule has 1 atom stereocenters. The summed E-state index contributed by atoms with van der Waals surface area (Å²) in [7, 11) is -1.85. The van der Waals surface area contributed by atoms with Crippen LogP contribution in [0.3, 0.4) is 0 Å². The number of rotatable bonds is 3. The maximum absolute atomic E-state index is 13.8. The molecule has 0 heterocycles. The van der Waals surface area contributed by atoms with Gasteiger partial charge < -0.3 is 5.73 Å². The van der Waals surface area contributed by atoms with Crippen LogP contribution < -0.4 is 5.73 Å². The predicted molar refractivity (Wildman–Crippen MR) is 75.0 cm³/mol. The summed E-state index contributed by atoms with van der Waals surface area (Å²) in [5, 5.41) is 0. The fraction of sp³-hybridized carbons (Fsp3) is 0.0769. The minimum absolute atomic E-state index is 0.0174. The van der Waals surface area contributed by atoms with Crippen LogP contribution in [0.2, 0.25) is 0 Å². The molecular formula is C13H9BrF3NOS. The fourth-order valence-electron chi connectivity index (χ4n) is 1.62. The lowest BCUT2D eigenvalue weighted by Gasteiger charge is -2.08. The van der Waals surface area contributed by atoms with Crippen LogP contribution in [0.15, 0.2) is 39.7 Å². The van der Waals surface area contributed by atoms with Crippen molar-refractivity contribution >= 4 is 32.4 Å². The number of nitrogens with two attached hydrogens (primary N) is 1. The molecule has 2 rings (SSSR count). The van der Waals surface area contributed by atoms with Crippen molar-refractivity contribution in [2.75, 3.05) is 5.73 Å². The highest BCUT2D eigenvalue weighted by molar-refractivity contribution is 9.10. The standard InChI is InChI=1S/C13H9BrF3NOS/c14-9-2-3-10(16)8(13(9)17)6-20(19)12-5-7(15)1-4-11(12)18/h1-5H,6,18H2. The van der Waals surface area contributed by atoms with Crippen LogP contribution >= 0.6 is 15.9 Å². The van der Waals surface area contributed by atoms with Crippen molar-refractivity contribution in [2.45, 2.75) is 10.6 Å². The van der Waals surface area contributed by atoms with Gasteiger partial charge in [0.1, 0.15) is 17.5 Å². The number of halogens is 4. The minimum Gasteiger partial charge on any atom is -0.398 e. The summed E-state index contributed by atoms with van der Waals surface area (Å²) < 4.78 is 52.7. The zero-order valence-corrected chi connectivity index (χ0v) is 12.4. The second-order valence-electron chi connectivity index (χ2n) is 3.99. The van der Waals surface area contributed by atoms with Gasteiger partial charge in [0, 0.05) is 11.3 Å². The lowest BCUT2D eigenvalue weighted by Crippen LogP contribution is -2.05. The molecule has 0 spiro atoms. The van der Waals surface area contributed by atoms with Crippen molar-refractivity contribution in [3.63, 3.8) is 0 Å². The third-order valence-corrected chi connectivity index (χ3v) is 4.64. The Morgan fingerprint density at radius 1 is 1.15 bits per heavy atom. The van der Waals surface area contributed by atoms with Crippen LogP contribution in [0, 0.1) is 17.5 Å². The fourth-order valence-corrected chi connectivity index (χ4v) is 3.24. The molecule has 2 aromatic rings. The van der Waals surface area contributed by atoms with Crippen molar-refractivity contribution < 1.29 is 17.4 Å². The molecular weight excluding hydrogens is 355 g/mol. The van der Waals surface area contributed by atoms with E-state index in [2.05, 4.69) is 15.9 Å². The first kappa shape index (κ1) is 15.1. The van der Waals surface area contributed by atoms with E-state index in [-0.39, 0.29) is 20.6 Å². The largest absolute Gasteiger partial charge is 0.398 e. The Labute approximate surface area is 124 Å². The summed E-state index contributed by atoms with van der Waals surface area (Å²) >= 11 is 2.93. The summed E-state index contributed by atoms with van der Waals surface area (Å²) in [4.78, 5) is 0.0174. The molecule has 0 aliphatic heterocycles. The summed E-state index contributed by atoms with van der Waals surface area (Å²) in [5.74, 6) is -2.68. The molecule has 7 heteroatoms. The smallest absolute Gasteiger partial charge is 0.144 e. The molecule has 0 aromatic heterocycles. The van der Waals surface area contributed by atoms with Gasteiger partial charge in [-0.3, -0.25) is 4.21 Å². The Balaban J connectivity index is 2.38. The second kappa shape index (κ2) is 5.97. The molecule has 2 nitrogen and oxygen atoms in total. The highest BCUT2D eigenvalue weighted by Gasteiger charge is 2.17. The highest BCUT2D eigenvalue weighted by Crippen LogP contribution is 2.26. The van der Waals surface area contributed by atoms with Crippen LogP contribution in [0.4, 0.5) is 18.9 Å². The quantitative estimate of drug-likeness (QED) is 0.666. The molecule has 0 aliphatic carbocycles. The van der Waals surface area contributed by atoms with E-state index in [1.54, 1.807) is 0 Å². The van der Waals surface area contributed by atoms with E-state index in [4.69, 9.17) is 5.73 Å². The number of hydrogen-bond donors (Lipinski definition) is 1. The molecule has 2 N–H and O–H groups in total. The van der Waals surface area contributed by atoms with E-state index in [9.17, 15) is 17.4 Å². The average molecular weight is 364 g/mol. The molecule has 0 radical (unpaired) electrons. The second-order valence-corrected chi connectivity index (χ2v) is 6.27. The van der Waals surface area contributed by atoms with Crippen molar-refractivity contribution in [3.05, 3.63) is 57.8 Å². The normalized spacial score (nSPS) is 12.4. The maximum atomic E-state index is 13.8. The van der Waals surface area contributed by atoms with Crippen LogP contribution in [-0.4, -0.2) is 4.21 Å². The van der Waals surface area contributed by atoms with E-state index >= 15 is 0 Å². The SMILES string of the molecule is Nc1ccc(F)cc1S(=O)Cc1c(F)ccc(Br)c1F. The molecule has 0 saturated heterocycles. The predicted octanol–water partition coefficient (Wildman–Crippen LogP) is 3.76. The third-order valence-electron chi connectivity index (χ3n) is 2.64. The van der Waals surface area contributed by atoms with Gasteiger partial charge in [0.05, 0.1) is 25.9 Å². The molecule has 20 heavy (non-hydrogen) atoms. The molecule has 0 amide bonds. The van der Waals surface area contributed by atoms with Gasteiger partial charge in [-0.25, -0.2) is 13.2 Å². The lowest BCUT2D eigenvalue weighted by molar-refractivity contribution is 0.560. The topological polar surface area (TPSA) is 43.1 Å². The van der Waals surface area contributed by atoms with Gasteiger partial charge in [-0.05, 0) is 46.3 Å². The van der Waals surface area contributed by atoms with Crippen LogP contribution in [0.5, 0.6) is 0 Å². The van der Waals surface area contributed by atoms with E-state index in [0.717, 1.165) is 18.2 Å². The highest BCUT2D eigenvalue weighted by atomic mass is 79.9. The average Bonchev–Trinajstić information content (AvgIpc) is 2.41. The van der Waals surface area contributed by atoms with Crippen molar-refractivity contribution in [1.82, 2.24) is 0 Å². The van der Waals surface area contributed by atoms with Gasteiger partial charge in [0.25, 0.3) is 0 Å². The van der Waals surface area contributed by atoms with Crippen LogP contribution in [-0.2, 0) is 16.6 Å². The number of anilines is 1. The summed E-state index contributed by atoms with van der Waals surface area (Å²) in [5.41, 5.74) is 5.37. The maximum Gasteiger partial charge on any atom is 0.144 e. The summed E-state index contributed by atoms with van der Waals surface area (Å²) in [6.07, 6.45) is 0. The first-order chi connectivity index (χ1) is 9.40. The molecule has 2 aromatic carbocycles. The third kappa shape index (κ3) is 3.04. The van der Waals surface area contributed by atoms with Gasteiger partial charge in [0.2, 0.25) is 0 Å². The molecule has 0 aliphatic rings. The van der Waals surface area contributed by atoms with E-state index in [1.807, 2.05) is 0 Å². The molecule has 1 unspecified atom stereocenters.